The first-order valence-corrected chi connectivity index (χ1v) is 6.81. The Morgan fingerprint density at radius 3 is 2.10 bits per heavy atom. The minimum Gasteiger partial charge on any atom is -0.481 e. The van der Waals surface area contributed by atoms with Crippen molar-refractivity contribution in [3.05, 3.63) is 71.3 Å². The average Bonchev–Trinajstić information content (AvgIpc) is 2.89. The van der Waals surface area contributed by atoms with Gasteiger partial charge < -0.3 is 5.11 Å². The molecule has 1 aliphatic heterocycles. The predicted octanol–water partition coefficient (Wildman–Crippen LogP) is 3.22. The third-order valence-electron chi connectivity index (χ3n) is 3.86. The van der Waals surface area contributed by atoms with Crippen LogP contribution in [0.1, 0.15) is 29.2 Å². The summed E-state index contributed by atoms with van der Waals surface area (Å²) in [4.78, 5) is 13.4. The molecule has 0 saturated heterocycles. The van der Waals surface area contributed by atoms with Crippen LogP contribution in [0.4, 0.5) is 0 Å². The number of hydrogen-bond acceptors (Lipinski definition) is 2. The Labute approximate surface area is 118 Å². The van der Waals surface area contributed by atoms with Gasteiger partial charge in [-0.2, -0.15) is 0 Å². The third-order valence-corrected chi connectivity index (χ3v) is 3.86. The Morgan fingerprint density at radius 2 is 1.55 bits per heavy atom. The number of nitrogens with zero attached hydrogens (tertiary/aromatic N) is 1. The molecule has 0 radical (unpaired) electrons. The van der Waals surface area contributed by atoms with Crippen molar-refractivity contribution in [3.8, 4) is 0 Å². The molecular weight excluding hydrogens is 250 g/mol. The second kappa shape index (κ2) is 5.47. The van der Waals surface area contributed by atoms with Crippen LogP contribution in [0.3, 0.4) is 0 Å². The fourth-order valence-electron chi connectivity index (χ4n) is 2.88. The molecule has 1 N–H and O–H groups in total. The summed E-state index contributed by atoms with van der Waals surface area (Å²) in [5.74, 6) is -0.755. The lowest BCUT2D eigenvalue weighted by molar-refractivity contribution is -0.138. The summed E-state index contributed by atoms with van der Waals surface area (Å²) in [5, 5.41) is 9.20. The Morgan fingerprint density at radius 1 is 1.00 bits per heavy atom. The molecule has 1 unspecified atom stereocenters. The summed E-state index contributed by atoms with van der Waals surface area (Å²) in [7, 11) is 0. The van der Waals surface area contributed by atoms with Crippen LogP contribution in [-0.2, 0) is 17.9 Å². The normalized spacial score (nSPS) is 15.8. The zero-order valence-electron chi connectivity index (χ0n) is 11.2. The molecule has 102 valence electrons. The summed E-state index contributed by atoms with van der Waals surface area (Å²) in [6.07, 6.45) is 0.137. The van der Waals surface area contributed by atoms with Gasteiger partial charge in [0.25, 0.3) is 0 Å². The summed E-state index contributed by atoms with van der Waals surface area (Å²) >= 11 is 0. The molecule has 3 heteroatoms. The summed E-state index contributed by atoms with van der Waals surface area (Å²) < 4.78 is 0. The summed E-state index contributed by atoms with van der Waals surface area (Å²) in [5.41, 5.74) is 3.68. The number of fused-ring (bicyclic) bond motifs is 1. The number of aliphatic carboxylic acids is 1. The molecular formula is C17H17NO2. The van der Waals surface area contributed by atoms with Crippen molar-refractivity contribution in [2.24, 2.45) is 0 Å². The highest BCUT2D eigenvalue weighted by atomic mass is 16.4. The van der Waals surface area contributed by atoms with Gasteiger partial charge in [-0.1, -0.05) is 54.6 Å². The topological polar surface area (TPSA) is 40.5 Å². The summed E-state index contributed by atoms with van der Waals surface area (Å²) in [6.45, 7) is 1.64. The van der Waals surface area contributed by atoms with Crippen molar-refractivity contribution in [3.63, 3.8) is 0 Å². The highest BCUT2D eigenvalue weighted by Crippen LogP contribution is 2.33. The van der Waals surface area contributed by atoms with E-state index in [9.17, 15) is 9.90 Å². The Bertz CT molecular complexity index is 584. The minimum atomic E-state index is -0.755. The molecule has 2 aromatic rings. The van der Waals surface area contributed by atoms with Crippen LogP contribution in [0, 0.1) is 0 Å². The number of carboxylic acids is 1. The van der Waals surface area contributed by atoms with Crippen LogP contribution in [0.5, 0.6) is 0 Å². The largest absolute Gasteiger partial charge is 0.481 e. The Hall–Kier alpha value is -2.13. The third kappa shape index (κ3) is 2.58. The lowest BCUT2D eigenvalue weighted by Crippen LogP contribution is -2.25. The van der Waals surface area contributed by atoms with Gasteiger partial charge in [-0.25, -0.2) is 0 Å². The van der Waals surface area contributed by atoms with Crippen molar-refractivity contribution >= 4 is 5.97 Å². The molecule has 2 aromatic carbocycles. The molecule has 3 nitrogen and oxygen atoms in total. The molecule has 1 atom stereocenters. The molecule has 20 heavy (non-hydrogen) atoms. The average molecular weight is 267 g/mol. The van der Waals surface area contributed by atoms with Gasteiger partial charge in [0, 0.05) is 19.1 Å². The van der Waals surface area contributed by atoms with E-state index in [1.54, 1.807) is 0 Å². The second-order valence-corrected chi connectivity index (χ2v) is 5.20. The lowest BCUT2D eigenvalue weighted by Gasteiger charge is -2.26. The summed E-state index contributed by atoms with van der Waals surface area (Å²) in [6, 6.07) is 18.2. The van der Waals surface area contributed by atoms with E-state index in [1.807, 2.05) is 42.5 Å². The van der Waals surface area contributed by atoms with Gasteiger partial charge in [0.05, 0.1) is 6.42 Å². The second-order valence-electron chi connectivity index (χ2n) is 5.20. The van der Waals surface area contributed by atoms with Crippen molar-refractivity contribution in [1.29, 1.82) is 0 Å². The van der Waals surface area contributed by atoms with Crippen LogP contribution >= 0.6 is 0 Å². The molecule has 0 amide bonds. The fraction of sp³-hybridized carbons (Fsp3) is 0.235. The van der Waals surface area contributed by atoms with E-state index < -0.39 is 5.97 Å². The van der Waals surface area contributed by atoms with E-state index in [-0.39, 0.29) is 12.5 Å². The highest BCUT2D eigenvalue weighted by Gasteiger charge is 2.28. The first-order chi connectivity index (χ1) is 9.74. The van der Waals surface area contributed by atoms with Gasteiger partial charge in [-0.05, 0) is 16.7 Å². The Balaban J connectivity index is 1.87. The quantitative estimate of drug-likeness (QED) is 0.924. The molecule has 1 aliphatic rings. The molecule has 0 aromatic heterocycles. The van der Waals surface area contributed by atoms with Crippen LogP contribution in [0.25, 0.3) is 0 Å². The van der Waals surface area contributed by atoms with Crippen LogP contribution in [-0.4, -0.2) is 16.0 Å². The maximum atomic E-state index is 11.2. The molecule has 0 bridgehead atoms. The van der Waals surface area contributed by atoms with E-state index in [4.69, 9.17) is 0 Å². The standard InChI is InChI=1S/C17H17NO2/c19-17(20)10-16(13-6-2-1-3-7-13)18-11-14-8-4-5-9-15(14)12-18/h1-9,16H,10-12H2,(H,19,20). The van der Waals surface area contributed by atoms with Crippen LogP contribution < -0.4 is 0 Å². The van der Waals surface area contributed by atoms with Crippen LogP contribution in [0.2, 0.25) is 0 Å². The SMILES string of the molecule is O=C(O)CC(c1ccccc1)N1Cc2ccccc2C1. The van der Waals surface area contributed by atoms with Crippen molar-refractivity contribution in [1.82, 2.24) is 4.90 Å². The zero-order chi connectivity index (χ0) is 13.9. The van der Waals surface area contributed by atoms with Crippen molar-refractivity contribution < 1.29 is 9.90 Å². The zero-order valence-corrected chi connectivity index (χ0v) is 11.2. The number of carboxylic acid groups (broad SMARTS) is 1. The van der Waals surface area contributed by atoms with Crippen LogP contribution in [0.15, 0.2) is 54.6 Å². The van der Waals surface area contributed by atoms with E-state index in [1.165, 1.54) is 11.1 Å². The molecule has 0 fully saturated rings. The minimum absolute atomic E-state index is 0.0684. The van der Waals surface area contributed by atoms with Gasteiger partial charge in [0.1, 0.15) is 0 Å². The van der Waals surface area contributed by atoms with Gasteiger partial charge in [0.2, 0.25) is 0 Å². The fourth-order valence-corrected chi connectivity index (χ4v) is 2.88. The molecule has 3 rings (SSSR count). The Kier molecular flexibility index (Phi) is 3.52. The highest BCUT2D eigenvalue weighted by molar-refractivity contribution is 5.68. The van der Waals surface area contributed by atoms with E-state index in [0.717, 1.165) is 18.7 Å². The number of carbonyl (C=O) groups is 1. The molecule has 0 spiro atoms. The smallest absolute Gasteiger partial charge is 0.305 e. The van der Waals surface area contributed by atoms with E-state index in [2.05, 4.69) is 17.0 Å². The molecule has 1 heterocycles. The molecule has 0 aliphatic carbocycles. The first-order valence-electron chi connectivity index (χ1n) is 6.81. The van der Waals surface area contributed by atoms with Gasteiger partial charge in [-0.3, -0.25) is 9.69 Å². The lowest BCUT2D eigenvalue weighted by atomic mass is 10.0. The van der Waals surface area contributed by atoms with E-state index >= 15 is 0 Å². The maximum Gasteiger partial charge on any atom is 0.305 e. The van der Waals surface area contributed by atoms with Gasteiger partial charge in [-0.15, -0.1) is 0 Å². The maximum absolute atomic E-state index is 11.2. The number of benzene rings is 2. The van der Waals surface area contributed by atoms with Gasteiger partial charge in [0.15, 0.2) is 0 Å². The number of hydrogen-bond donors (Lipinski definition) is 1. The monoisotopic (exact) mass is 267 g/mol. The van der Waals surface area contributed by atoms with Crippen molar-refractivity contribution in [2.45, 2.75) is 25.6 Å². The number of rotatable bonds is 4. The molecule has 0 saturated carbocycles. The first kappa shape index (κ1) is 12.9. The predicted molar refractivity (Wildman–Crippen MR) is 77.1 cm³/mol. The van der Waals surface area contributed by atoms with Gasteiger partial charge >= 0.3 is 5.97 Å². The van der Waals surface area contributed by atoms with Crippen molar-refractivity contribution in [2.75, 3.05) is 0 Å². The van der Waals surface area contributed by atoms with E-state index in [0.29, 0.717) is 0 Å².